The van der Waals surface area contributed by atoms with Crippen LogP contribution in [0.4, 0.5) is 0 Å². The molecule has 4 atom stereocenters. The summed E-state index contributed by atoms with van der Waals surface area (Å²) in [4.78, 5) is 24.9. The van der Waals surface area contributed by atoms with E-state index in [2.05, 4.69) is 12.2 Å². The molecular formula is C23H29NO4. The molecule has 0 aliphatic heterocycles. The van der Waals surface area contributed by atoms with E-state index in [-0.39, 0.29) is 17.6 Å². The molecule has 2 aliphatic rings. The number of carbonyl (C=O) groups is 1. The van der Waals surface area contributed by atoms with Crippen LogP contribution in [0.25, 0.3) is 11.0 Å². The number of rotatable bonds is 6. The topological polar surface area (TPSA) is 68.5 Å². The lowest BCUT2D eigenvalue weighted by Gasteiger charge is -2.28. The van der Waals surface area contributed by atoms with Crippen LogP contribution in [0, 0.1) is 24.7 Å². The lowest BCUT2D eigenvalue weighted by atomic mass is 9.84. The summed E-state index contributed by atoms with van der Waals surface area (Å²) >= 11 is 0. The fourth-order valence-electron chi connectivity index (χ4n) is 5.37. The van der Waals surface area contributed by atoms with Gasteiger partial charge in [0.05, 0.1) is 7.11 Å². The van der Waals surface area contributed by atoms with Crippen molar-refractivity contribution < 1.29 is 13.9 Å². The van der Waals surface area contributed by atoms with Crippen molar-refractivity contribution in [1.82, 2.24) is 5.32 Å². The summed E-state index contributed by atoms with van der Waals surface area (Å²) in [5.41, 5.74) is 1.61. The lowest BCUT2D eigenvalue weighted by Crippen LogP contribution is -2.40. The second-order valence-corrected chi connectivity index (χ2v) is 8.55. The molecule has 1 amide bonds. The Bertz CT molecular complexity index is 948. The zero-order valence-corrected chi connectivity index (χ0v) is 16.9. The second-order valence-electron chi connectivity index (χ2n) is 8.55. The van der Waals surface area contributed by atoms with Gasteiger partial charge in [0.25, 0.3) is 0 Å². The first kappa shape index (κ1) is 19.0. The van der Waals surface area contributed by atoms with Crippen LogP contribution in [0.15, 0.2) is 27.4 Å². The maximum absolute atomic E-state index is 12.5. The normalized spacial score (nSPS) is 24.5. The van der Waals surface area contributed by atoms with Crippen molar-refractivity contribution in [3.8, 4) is 5.75 Å². The van der Waals surface area contributed by atoms with Crippen LogP contribution < -0.4 is 15.7 Å². The van der Waals surface area contributed by atoms with Crippen LogP contribution in [-0.4, -0.2) is 19.1 Å². The van der Waals surface area contributed by atoms with E-state index in [0.717, 1.165) is 22.8 Å². The van der Waals surface area contributed by atoms with E-state index in [1.54, 1.807) is 13.2 Å². The van der Waals surface area contributed by atoms with Gasteiger partial charge >= 0.3 is 5.63 Å². The number of aryl methyl sites for hydroxylation is 1. The molecule has 0 saturated heterocycles. The molecule has 1 heterocycles. The molecule has 2 saturated carbocycles. The summed E-state index contributed by atoms with van der Waals surface area (Å²) in [6, 6.07) is 5.68. The molecule has 5 nitrogen and oxygen atoms in total. The molecule has 1 aromatic carbocycles. The molecule has 4 rings (SSSR count). The van der Waals surface area contributed by atoms with Gasteiger partial charge in [-0.3, -0.25) is 4.79 Å². The van der Waals surface area contributed by atoms with Gasteiger partial charge in [0.15, 0.2) is 0 Å². The molecule has 5 heteroatoms. The zero-order chi connectivity index (χ0) is 19.8. The summed E-state index contributed by atoms with van der Waals surface area (Å²) in [6.07, 6.45) is 5.97. The van der Waals surface area contributed by atoms with Gasteiger partial charge in [-0.1, -0.05) is 6.42 Å². The third-order valence-electron chi connectivity index (χ3n) is 6.92. The summed E-state index contributed by atoms with van der Waals surface area (Å²) in [7, 11) is 1.58. The first-order valence-electron chi connectivity index (χ1n) is 10.4. The lowest BCUT2D eigenvalue weighted by molar-refractivity contribution is -0.122. The minimum atomic E-state index is -0.368. The SMILES string of the molecule is COc1ccc2c(C)c(CCC(=O)N[C@@H](C)[C@@H]3C[C@H]4CC[C@H]3C4)c(=O)oc2c1. The molecule has 0 radical (unpaired) electrons. The standard InChI is InChI=1S/C23H29NO4/c1-13-18-7-6-17(27-3)12-21(18)28-23(26)19(13)8-9-22(25)24-14(2)20-11-15-4-5-16(20)10-15/h6-7,12,14-16,20H,4-5,8-11H2,1-3H3,(H,24,25)/t14-,15-,16-,20-/m0/s1. The van der Waals surface area contributed by atoms with Crippen LogP contribution in [0.5, 0.6) is 5.75 Å². The number of benzene rings is 1. The van der Waals surface area contributed by atoms with E-state index >= 15 is 0 Å². The summed E-state index contributed by atoms with van der Waals surface area (Å²) in [6.45, 7) is 4.04. The Morgan fingerprint density at radius 3 is 2.82 bits per heavy atom. The zero-order valence-electron chi connectivity index (χ0n) is 16.9. The van der Waals surface area contributed by atoms with E-state index in [1.807, 2.05) is 19.1 Å². The average Bonchev–Trinajstić information content (AvgIpc) is 3.30. The molecule has 1 aromatic heterocycles. The van der Waals surface area contributed by atoms with Crippen LogP contribution in [-0.2, 0) is 11.2 Å². The number of hydrogen-bond acceptors (Lipinski definition) is 4. The maximum Gasteiger partial charge on any atom is 0.339 e. The van der Waals surface area contributed by atoms with Gasteiger partial charge in [0.1, 0.15) is 11.3 Å². The summed E-state index contributed by atoms with van der Waals surface area (Å²) < 4.78 is 10.7. The first-order chi connectivity index (χ1) is 13.5. The Balaban J connectivity index is 1.42. The molecule has 0 spiro atoms. The number of fused-ring (bicyclic) bond motifs is 3. The van der Waals surface area contributed by atoms with Crippen molar-refractivity contribution in [3.63, 3.8) is 0 Å². The van der Waals surface area contributed by atoms with Crippen LogP contribution in [0.2, 0.25) is 0 Å². The molecule has 2 bridgehead atoms. The smallest absolute Gasteiger partial charge is 0.339 e. The highest BCUT2D eigenvalue weighted by Crippen LogP contribution is 2.49. The predicted octanol–water partition coefficient (Wildman–Crippen LogP) is 3.98. The monoisotopic (exact) mass is 383 g/mol. The van der Waals surface area contributed by atoms with Gasteiger partial charge in [-0.05, 0) is 75.0 Å². The Labute approximate surface area is 165 Å². The number of carbonyl (C=O) groups excluding carboxylic acids is 1. The Morgan fingerprint density at radius 1 is 1.32 bits per heavy atom. The van der Waals surface area contributed by atoms with Crippen molar-refractivity contribution in [3.05, 3.63) is 39.7 Å². The highest BCUT2D eigenvalue weighted by atomic mass is 16.5. The van der Waals surface area contributed by atoms with Gasteiger partial charge < -0.3 is 14.5 Å². The molecule has 28 heavy (non-hydrogen) atoms. The molecule has 150 valence electrons. The van der Waals surface area contributed by atoms with Crippen LogP contribution in [0.1, 0.15) is 50.2 Å². The summed E-state index contributed by atoms with van der Waals surface area (Å²) in [5.74, 6) is 2.94. The number of ether oxygens (including phenoxy) is 1. The highest BCUT2D eigenvalue weighted by molar-refractivity contribution is 5.82. The van der Waals surface area contributed by atoms with E-state index < -0.39 is 0 Å². The van der Waals surface area contributed by atoms with Crippen LogP contribution >= 0.6 is 0 Å². The molecule has 0 unspecified atom stereocenters. The minimum absolute atomic E-state index is 0.0175. The quantitative estimate of drug-likeness (QED) is 0.766. The Hall–Kier alpha value is -2.30. The largest absolute Gasteiger partial charge is 0.497 e. The van der Waals surface area contributed by atoms with Gasteiger partial charge in [-0.15, -0.1) is 0 Å². The van der Waals surface area contributed by atoms with E-state index in [4.69, 9.17) is 9.15 Å². The molecule has 2 aliphatic carbocycles. The second kappa shape index (κ2) is 7.61. The molecule has 1 N–H and O–H groups in total. The third-order valence-corrected chi connectivity index (χ3v) is 6.92. The van der Waals surface area contributed by atoms with Gasteiger partial charge in [-0.2, -0.15) is 0 Å². The van der Waals surface area contributed by atoms with Crippen molar-refractivity contribution >= 4 is 16.9 Å². The first-order valence-corrected chi connectivity index (χ1v) is 10.4. The molecule has 2 fully saturated rings. The molecular weight excluding hydrogens is 354 g/mol. The van der Waals surface area contributed by atoms with E-state index in [1.165, 1.54) is 25.7 Å². The minimum Gasteiger partial charge on any atom is -0.497 e. The maximum atomic E-state index is 12.5. The Kier molecular flexibility index (Phi) is 5.17. The summed E-state index contributed by atoms with van der Waals surface area (Å²) in [5, 5.41) is 4.06. The Morgan fingerprint density at radius 2 is 2.14 bits per heavy atom. The molecule has 2 aromatic rings. The van der Waals surface area contributed by atoms with E-state index in [9.17, 15) is 9.59 Å². The van der Waals surface area contributed by atoms with Crippen molar-refractivity contribution in [2.75, 3.05) is 7.11 Å². The van der Waals surface area contributed by atoms with Crippen molar-refractivity contribution in [2.45, 2.75) is 58.4 Å². The van der Waals surface area contributed by atoms with Crippen molar-refractivity contribution in [1.29, 1.82) is 0 Å². The number of amides is 1. The van der Waals surface area contributed by atoms with Gasteiger partial charge in [-0.25, -0.2) is 4.79 Å². The predicted molar refractivity (Wildman–Crippen MR) is 109 cm³/mol. The van der Waals surface area contributed by atoms with Gasteiger partial charge in [0, 0.05) is 29.5 Å². The highest BCUT2D eigenvalue weighted by Gasteiger charge is 2.42. The number of hydrogen-bond donors (Lipinski definition) is 1. The van der Waals surface area contributed by atoms with Gasteiger partial charge in [0.2, 0.25) is 5.91 Å². The number of methoxy groups -OCH3 is 1. The van der Waals surface area contributed by atoms with Crippen LogP contribution in [0.3, 0.4) is 0 Å². The van der Waals surface area contributed by atoms with Crippen molar-refractivity contribution in [2.24, 2.45) is 17.8 Å². The van der Waals surface area contributed by atoms with E-state index in [0.29, 0.717) is 35.7 Å². The average molecular weight is 383 g/mol. The number of nitrogens with one attached hydrogen (secondary N) is 1. The fourth-order valence-corrected chi connectivity index (χ4v) is 5.37. The fraction of sp³-hybridized carbons (Fsp3) is 0.565. The third kappa shape index (κ3) is 3.54.